The largest absolute Gasteiger partial charge is 0.374 e. The second kappa shape index (κ2) is 4.60. The van der Waals surface area contributed by atoms with Crippen molar-refractivity contribution in [1.82, 2.24) is 4.90 Å². The topological polar surface area (TPSA) is 38.5 Å². The molecule has 1 fully saturated rings. The van der Waals surface area contributed by atoms with Crippen LogP contribution in [0, 0.1) is 0 Å². The Balaban J connectivity index is 2.59. The quantitative estimate of drug-likeness (QED) is 0.728. The third-order valence-electron chi connectivity index (χ3n) is 3.00. The predicted molar refractivity (Wildman–Crippen MR) is 59.3 cm³/mol. The Labute approximate surface area is 87.6 Å². The average molecular weight is 200 g/mol. The third-order valence-corrected chi connectivity index (χ3v) is 3.00. The van der Waals surface area contributed by atoms with Gasteiger partial charge in [0, 0.05) is 31.8 Å². The van der Waals surface area contributed by atoms with Gasteiger partial charge in [-0.2, -0.15) is 0 Å². The van der Waals surface area contributed by atoms with E-state index >= 15 is 0 Å². The van der Waals surface area contributed by atoms with E-state index in [0.29, 0.717) is 6.04 Å². The van der Waals surface area contributed by atoms with E-state index in [1.165, 1.54) is 0 Å². The Morgan fingerprint density at radius 2 is 2.00 bits per heavy atom. The molecule has 0 saturated carbocycles. The van der Waals surface area contributed by atoms with Crippen LogP contribution in [0.3, 0.4) is 0 Å². The van der Waals surface area contributed by atoms with E-state index in [1.54, 1.807) is 0 Å². The second-order valence-electron chi connectivity index (χ2n) is 5.03. The summed E-state index contributed by atoms with van der Waals surface area (Å²) >= 11 is 0. The van der Waals surface area contributed by atoms with Crippen LogP contribution in [0.2, 0.25) is 0 Å². The van der Waals surface area contributed by atoms with Crippen LogP contribution in [0.5, 0.6) is 0 Å². The van der Waals surface area contributed by atoms with Gasteiger partial charge in [0.15, 0.2) is 0 Å². The Kier molecular flexibility index (Phi) is 3.93. The van der Waals surface area contributed by atoms with E-state index < -0.39 is 0 Å². The summed E-state index contributed by atoms with van der Waals surface area (Å²) in [4.78, 5) is 2.44. The van der Waals surface area contributed by atoms with E-state index in [0.717, 1.165) is 26.1 Å². The van der Waals surface area contributed by atoms with Gasteiger partial charge in [0.1, 0.15) is 0 Å². The van der Waals surface area contributed by atoms with Crippen molar-refractivity contribution < 1.29 is 4.74 Å². The van der Waals surface area contributed by atoms with Crippen molar-refractivity contribution in [1.29, 1.82) is 0 Å². The van der Waals surface area contributed by atoms with Gasteiger partial charge < -0.3 is 10.5 Å². The number of nitrogens with two attached hydrogens (primary N) is 1. The Morgan fingerprint density at radius 3 is 2.57 bits per heavy atom. The van der Waals surface area contributed by atoms with Crippen LogP contribution in [0.1, 0.15) is 34.1 Å². The van der Waals surface area contributed by atoms with Crippen molar-refractivity contribution in [3.8, 4) is 0 Å². The van der Waals surface area contributed by atoms with Gasteiger partial charge in [0.25, 0.3) is 0 Å². The smallest absolute Gasteiger partial charge is 0.0752 e. The lowest BCUT2D eigenvalue weighted by Crippen LogP contribution is -2.49. The molecule has 3 heteroatoms. The summed E-state index contributed by atoms with van der Waals surface area (Å²) in [5.41, 5.74) is 5.90. The van der Waals surface area contributed by atoms with Crippen molar-refractivity contribution in [2.45, 2.75) is 51.8 Å². The molecule has 0 radical (unpaired) electrons. The van der Waals surface area contributed by atoms with Crippen LogP contribution in [-0.4, -0.2) is 42.3 Å². The van der Waals surface area contributed by atoms with Crippen molar-refractivity contribution in [3.63, 3.8) is 0 Å². The molecule has 0 bridgehead atoms. The summed E-state index contributed by atoms with van der Waals surface area (Å²) in [6.45, 7) is 11.5. The maximum Gasteiger partial charge on any atom is 0.0752 e. The van der Waals surface area contributed by atoms with E-state index in [-0.39, 0.29) is 11.6 Å². The molecule has 1 saturated heterocycles. The zero-order chi connectivity index (χ0) is 10.8. The van der Waals surface area contributed by atoms with Crippen LogP contribution in [0.4, 0.5) is 0 Å². The molecule has 1 rings (SSSR count). The molecule has 1 aliphatic heterocycles. The number of ether oxygens (including phenoxy) is 1. The summed E-state index contributed by atoms with van der Waals surface area (Å²) in [6, 6.07) is 0.667. The van der Waals surface area contributed by atoms with Crippen LogP contribution in [0.15, 0.2) is 0 Å². The molecule has 2 atom stereocenters. The molecule has 2 N–H and O–H groups in total. The lowest BCUT2D eigenvalue weighted by Gasteiger charge is -2.34. The van der Waals surface area contributed by atoms with Gasteiger partial charge in [-0.25, -0.2) is 0 Å². The first-order valence-corrected chi connectivity index (χ1v) is 5.56. The molecule has 14 heavy (non-hydrogen) atoms. The monoisotopic (exact) mass is 200 g/mol. The molecule has 1 aliphatic rings. The van der Waals surface area contributed by atoms with Crippen molar-refractivity contribution in [2.75, 3.05) is 19.7 Å². The molecule has 2 unspecified atom stereocenters. The predicted octanol–water partition coefficient (Wildman–Crippen LogP) is 1.22. The molecule has 0 aromatic carbocycles. The van der Waals surface area contributed by atoms with Gasteiger partial charge in [0.05, 0.1) is 5.60 Å². The molecule has 0 amide bonds. The minimum Gasteiger partial charge on any atom is -0.374 e. The van der Waals surface area contributed by atoms with E-state index in [1.807, 2.05) is 0 Å². The zero-order valence-electron chi connectivity index (χ0n) is 9.92. The first-order valence-electron chi connectivity index (χ1n) is 5.56. The SMILES string of the molecule is CC(N)C(C)N1CCCOC(C)(C)C1. The fraction of sp³-hybridized carbons (Fsp3) is 1.00. The van der Waals surface area contributed by atoms with Crippen LogP contribution in [0.25, 0.3) is 0 Å². The summed E-state index contributed by atoms with van der Waals surface area (Å²) in [6.07, 6.45) is 1.11. The highest BCUT2D eigenvalue weighted by Gasteiger charge is 2.28. The van der Waals surface area contributed by atoms with E-state index in [4.69, 9.17) is 10.5 Å². The minimum absolute atomic E-state index is 0.0281. The number of hydrogen-bond donors (Lipinski definition) is 1. The molecular formula is C11H24N2O. The standard InChI is InChI=1S/C11H24N2O/c1-9(12)10(2)13-6-5-7-14-11(3,4)8-13/h9-10H,5-8,12H2,1-4H3. The normalized spacial score (nSPS) is 28.1. The molecular weight excluding hydrogens is 176 g/mol. The number of rotatable bonds is 2. The lowest BCUT2D eigenvalue weighted by molar-refractivity contribution is -0.0223. The molecule has 0 aliphatic carbocycles. The maximum absolute atomic E-state index is 5.92. The van der Waals surface area contributed by atoms with E-state index in [2.05, 4.69) is 32.6 Å². The molecule has 3 nitrogen and oxygen atoms in total. The third kappa shape index (κ3) is 3.23. The molecule has 84 valence electrons. The van der Waals surface area contributed by atoms with Gasteiger partial charge in [-0.15, -0.1) is 0 Å². The van der Waals surface area contributed by atoms with Crippen LogP contribution in [-0.2, 0) is 4.74 Å². The molecule has 0 aromatic rings. The highest BCUT2D eigenvalue weighted by Crippen LogP contribution is 2.18. The van der Waals surface area contributed by atoms with Crippen molar-refractivity contribution in [2.24, 2.45) is 5.73 Å². The average Bonchev–Trinajstić information content (AvgIpc) is 2.24. The Hall–Kier alpha value is -0.120. The van der Waals surface area contributed by atoms with Gasteiger partial charge in [-0.1, -0.05) is 0 Å². The number of hydrogen-bond acceptors (Lipinski definition) is 3. The molecule has 0 spiro atoms. The van der Waals surface area contributed by atoms with Crippen molar-refractivity contribution >= 4 is 0 Å². The van der Waals surface area contributed by atoms with Crippen molar-refractivity contribution in [3.05, 3.63) is 0 Å². The first-order chi connectivity index (χ1) is 6.42. The van der Waals surface area contributed by atoms with Gasteiger partial charge in [-0.3, -0.25) is 4.90 Å². The fourth-order valence-electron chi connectivity index (χ4n) is 1.91. The van der Waals surface area contributed by atoms with Crippen LogP contribution < -0.4 is 5.73 Å². The Morgan fingerprint density at radius 1 is 1.36 bits per heavy atom. The Bertz CT molecular complexity index is 180. The number of nitrogens with zero attached hydrogens (tertiary/aromatic N) is 1. The maximum atomic E-state index is 5.92. The minimum atomic E-state index is -0.0281. The summed E-state index contributed by atoms with van der Waals surface area (Å²) in [5, 5.41) is 0. The highest BCUT2D eigenvalue weighted by atomic mass is 16.5. The summed E-state index contributed by atoms with van der Waals surface area (Å²) in [7, 11) is 0. The highest BCUT2D eigenvalue weighted by molar-refractivity contribution is 4.83. The first kappa shape index (κ1) is 12.0. The fourth-order valence-corrected chi connectivity index (χ4v) is 1.91. The second-order valence-corrected chi connectivity index (χ2v) is 5.03. The van der Waals surface area contributed by atoms with E-state index in [9.17, 15) is 0 Å². The zero-order valence-corrected chi connectivity index (χ0v) is 9.92. The lowest BCUT2D eigenvalue weighted by atomic mass is 10.1. The van der Waals surface area contributed by atoms with Gasteiger partial charge >= 0.3 is 0 Å². The van der Waals surface area contributed by atoms with Gasteiger partial charge in [0.2, 0.25) is 0 Å². The summed E-state index contributed by atoms with van der Waals surface area (Å²) in [5.74, 6) is 0. The van der Waals surface area contributed by atoms with Crippen LogP contribution >= 0.6 is 0 Å². The molecule has 1 heterocycles. The van der Waals surface area contributed by atoms with Gasteiger partial charge in [-0.05, 0) is 34.1 Å². The summed E-state index contributed by atoms with van der Waals surface area (Å²) < 4.78 is 5.77. The molecule has 0 aromatic heterocycles.